The first kappa shape index (κ1) is 24.3. The molecule has 5 aromatic rings. The van der Waals surface area contributed by atoms with Gasteiger partial charge in [0, 0.05) is 21.3 Å². The smallest absolute Gasteiger partial charge is 0.261 e. The number of amides is 1. The number of fused-ring (bicyclic) bond motifs is 1. The zero-order valence-corrected chi connectivity index (χ0v) is 21.5. The van der Waals surface area contributed by atoms with Crippen LogP contribution in [0, 0.1) is 0 Å². The van der Waals surface area contributed by atoms with Crippen LogP contribution in [0.3, 0.4) is 0 Å². The summed E-state index contributed by atoms with van der Waals surface area (Å²) in [5.41, 5.74) is 1.39. The molecule has 0 unspecified atom stereocenters. The molecule has 7 nitrogen and oxygen atoms in total. The van der Waals surface area contributed by atoms with Gasteiger partial charge in [0.2, 0.25) is 0 Å². The number of carbonyl (C=O) groups is 1. The maximum absolute atomic E-state index is 13.5. The highest BCUT2D eigenvalue weighted by atomic mass is 35.5. The Labute approximate surface area is 221 Å². The standard InChI is InChI=1S/C25H17Cl2N3O4S2/c26-17-5-10-21(11-6-17)36(32,33)29-19-8-3-16(4-9-19)24(31)30(15-20-2-1-13-34-20)25-28-22-12-7-18(27)14-23(22)35-25/h1-14,29H,15H2. The molecule has 0 aliphatic carbocycles. The lowest BCUT2D eigenvalue weighted by Gasteiger charge is -2.19. The van der Waals surface area contributed by atoms with E-state index in [9.17, 15) is 13.2 Å². The Kier molecular flexibility index (Phi) is 6.72. The fourth-order valence-electron chi connectivity index (χ4n) is 3.45. The van der Waals surface area contributed by atoms with Crippen molar-refractivity contribution in [3.05, 3.63) is 106 Å². The van der Waals surface area contributed by atoms with Crippen molar-refractivity contribution in [2.45, 2.75) is 11.4 Å². The van der Waals surface area contributed by atoms with Crippen LogP contribution in [0.5, 0.6) is 0 Å². The van der Waals surface area contributed by atoms with Crippen LogP contribution in [0.2, 0.25) is 10.0 Å². The Morgan fingerprint density at radius 1 is 0.972 bits per heavy atom. The molecule has 0 fully saturated rings. The quantitative estimate of drug-likeness (QED) is 0.236. The van der Waals surface area contributed by atoms with Gasteiger partial charge in [0.1, 0.15) is 5.76 Å². The van der Waals surface area contributed by atoms with Crippen molar-refractivity contribution in [2.24, 2.45) is 0 Å². The van der Waals surface area contributed by atoms with Crippen molar-refractivity contribution < 1.29 is 17.6 Å². The van der Waals surface area contributed by atoms with Gasteiger partial charge in [-0.3, -0.25) is 14.4 Å². The molecule has 0 bridgehead atoms. The number of rotatable bonds is 7. The predicted molar refractivity (Wildman–Crippen MR) is 143 cm³/mol. The number of halogens is 2. The minimum atomic E-state index is -3.81. The lowest BCUT2D eigenvalue weighted by atomic mass is 10.2. The largest absolute Gasteiger partial charge is 0.467 e. The number of aromatic nitrogens is 1. The zero-order chi connectivity index (χ0) is 25.3. The molecular weight excluding hydrogens is 541 g/mol. The molecule has 36 heavy (non-hydrogen) atoms. The fourth-order valence-corrected chi connectivity index (χ4v) is 5.87. The number of hydrogen-bond acceptors (Lipinski definition) is 6. The van der Waals surface area contributed by atoms with Crippen LogP contribution in [0.4, 0.5) is 10.8 Å². The monoisotopic (exact) mass is 557 g/mol. The van der Waals surface area contributed by atoms with E-state index in [1.807, 2.05) is 0 Å². The normalized spacial score (nSPS) is 11.5. The van der Waals surface area contributed by atoms with Crippen LogP contribution >= 0.6 is 34.5 Å². The molecule has 11 heteroatoms. The molecular formula is C25H17Cl2N3O4S2. The van der Waals surface area contributed by atoms with E-state index in [0.29, 0.717) is 32.2 Å². The first-order chi connectivity index (χ1) is 17.3. The first-order valence-electron chi connectivity index (χ1n) is 10.6. The number of nitrogens with one attached hydrogen (secondary N) is 1. The molecule has 1 amide bonds. The number of thiazole rings is 1. The molecule has 2 heterocycles. The summed E-state index contributed by atoms with van der Waals surface area (Å²) in [6.45, 7) is 0.171. The summed E-state index contributed by atoms with van der Waals surface area (Å²) >= 11 is 13.3. The molecule has 0 aliphatic rings. The minimum absolute atomic E-state index is 0.0765. The summed E-state index contributed by atoms with van der Waals surface area (Å²) in [6.07, 6.45) is 1.54. The van der Waals surface area contributed by atoms with E-state index in [4.69, 9.17) is 27.6 Å². The number of hydrogen-bond donors (Lipinski definition) is 1. The molecule has 0 radical (unpaired) electrons. The lowest BCUT2D eigenvalue weighted by molar-refractivity contribution is 0.0983. The molecule has 182 valence electrons. The summed E-state index contributed by atoms with van der Waals surface area (Å²) < 4.78 is 34.1. The third kappa shape index (κ3) is 5.24. The third-order valence-corrected chi connectivity index (χ3v) is 8.14. The highest BCUT2D eigenvalue weighted by Gasteiger charge is 2.23. The van der Waals surface area contributed by atoms with Crippen LogP contribution in [-0.2, 0) is 16.6 Å². The van der Waals surface area contributed by atoms with Crippen LogP contribution < -0.4 is 9.62 Å². The van der Waals surface area contributed by atoms with Gasteiger partial charge in [0.05, 0.1) is 27.9 Å². The summed E-state index contributed by atoms with van der Waals surface area (Å²) in [4.78, 5) is 19.7. The summed E-state index contributed by atoms with van der Waals surface area (Å²) in [5, 5.41) is 1.51. The average molecular weight is 558 g/mol. The van der Waals surface area contributed by atoms with E-state index in [-0.39, 0.29) is 17.3 Å². The predicted octanol–water partition coefficient (Wildman–Crippen LogP) is 6.84. The van der Waals surface area contributed by atoms with Crippen LogP contribution in [0.1, 0.15) is 16.1 Å². The number of benzene rings is 3. The lowest BCUT2D eigenvalue weighted by Crippen LogP contribution is -2.30. The Morgan fingerprint density at radius 3 is 2.39 bits per heavy atom. The SMILES string of the molecule is O=C(c1ccc(NS(=O)(=O)c2ccc(Cl)cc2)cc1)N(Cc1ccco1)c1nc2ccc(Cl)cc2s1. The van der Waals surface area contributed by atoms with Gasteiger partial charge in [-0.25, -0.2) is 13.4 Å². The Morgan fingerprint density at radius 2 is 1.69 bits per heavy atom. The Bertz CT molecular complexity index is 1630. The number of nitrogens with zero attached hydrogens (tertiary/aromatic N) is 2. The van der Waals surface area contributed by atoms with Crippen LogP contribution in [0.25, 0.3) is 10.2 Å². The van der Waals surface area contributed by atoms with Crippen molar-refractivity contribution in [1.29, 1.82) is 0 Å². The van der Waals surface area contributed by atoms with E-state index in [0.717, 1.165) is 10.2 Å². The summed E-state index contributed by atoms with van der Waals surface area (Å²) in [6, 6.07) is 20.9. The summed E-state index contributed by atoms with van der Waals surface area (Å²) in [5.74, 6) is 0.275. The second-order valence-corrected chi connectivity index (χ2v) is 11.3. The van der Waals surface area contributed by atoms with Gasteiger partial charge >= 0.3 is 0 Å². The Hall–Kier alpha value is -3.37. The van der Waals surface area contributed by atoms with Gasteiger partial charge < -0.3 is 4.42 Å². The molecule has 2 aromatic heterocycles. The molecule has 0 atom stereocenters. The van der Waals surface area contributed by atoms with Gasteiger partial charge in [-0.05, 0) is 78.9 Å². The highest BCUT2D eigenvalue weighted by molar-refractivity contribution is 7.92. The molecule has 5 rings (SSSR count). The van der Waals surface area contributed by atoms with Crippen LogP contribution in [-0.4, -0.2) is 19.3 Å². The zero-order valence-electron chi connectivity index (χ0n) is 18.4. The van der Waals surface area contributed by atoms with E-state index in [1.54, 1.807) is 42.5 Å². The maximum atomic E-state index is 13.5. The second kappa shape index (κ2) is 9.94. The maximum Gasteiger partial charge on any atom is 0.261 e. The van der Waals surface area contributed by atoms with Gasteiger partial charge in [0.15, 0.2) is 5.13 Å². The molecule has 0 aliphatic heterocycles. The van der Waals surface area contributed by atoms with Crippen molar-refractivity contribution in [3.63, 3.8) is 0 Å². The van der Waals surface area contributed by atoms with Gasteiger partial charge in [-0.2, -0.15) is 0 Å². The van der Waals surface area contributed by atoms with Gasteiger partial charge in [-0.15, -0.1) is 0 Å². The first-order valence-corrected chi connectivity index (χ1v) is 13.6. The van der Waals surface area contributed by atoms with Crippen molar-refractivity contribution in [2.75, 3.05) is 9.62 Å². The van der Waals surface area contributed by atoms with Crippen molar-refractivity contribution in [3.8, 4) is 0 Å². The average Bonchev–Trinajstić information content (AvgIpc) is 3.52. The van der Waals surface area contributed by atoms with E-state index >= 15 is 0 Å². The summed E-state index contributed by atoms with van der Waals surface area (Å²) in [7, 11) is -3.81. The van der Waals surface area contributed by atoms with Crippen molar-refractivity contribution >= 4 is 71.5 Å². The number of carbonyl (C=O) groups excluding carboxylic acids is 1. The number of sulfonamides is 1. The molecule has 0 spiro atoms. The van der Waals surface area contributed by atoms with Crippen LogP contribution in [0.15, 0.2) is 94.4 Å². The van der Waals surface area contributed by atoms with Gasteiger partial charge in [0.25, 0.3) is 15.9 Å². The third-order valence-electron chi connectivity index (χ3n) is 5.22. The number of furan rings is 1. The van der Waals surface area contributed by atoms with Crippen molar-refractivity contribution in [1.82, 2.24) is 4.98 Å². The molecule has 3 aromatic carbocycles. The molecule has 0 saturated heterocycles. The molecule has 1 N–H and O–H groups in total. The minimum Gasteiger partial charge on any atom is -0.467 e. The Balaban J connectivity index is 1.41. The van der Waals surface area contributed by atoms with E-state index in [1.165, 1.54) is 58.9 Å². The highest BCUT2D eigenvalue weighted by Crippen LogP contribution is 2.32. The van der Waals surface area contributed by atoms with E-state index < -0.39 is 10.0 Å². The fraction of sp³-hybridized carbons (Fsp3) is 0.0400. The van der Waals surface area contributed by atoms with E-state index in [2.05, 4.69) is 9.71 Å². The number of anilines is 2. The topological polar surface area (TPSA) is 92.5 Å². The van der Waals surface area contributed by atoms with Gasteiger partial charge in [-0.1, -0.05) is 34.5 Å². The molecule has 0 saturated carbocycles. The second-order valence-electron chi connectivity index (χ2n) is 7.72.